The summed E-state index contributed by atoms with van der Waals surface area (Å²) in [6.45, 7) is 1.41. The van der Waals surface area contributed by atoms with Gasteiger partial charge in [-0.25, -0.2) is 0 Å². The molecule has 0 saturated carbocycles. The summed E-state index contributed by atoms with van der Waals surface area (Å²) in [5, 5.41) is 25.4. The molecular formula is C8H12O6. The van der Waals surface area contributed by atoms with Crippen LogP contribution in [0, 0.1) is 11.8 Å². The van der Waals surface area contributed by atoms with Crippen molar-refractivity contribution in [2.75, 3.05) is 0 Å². The first-order valence-corrected chi connectivity index (χ1v) is 4.03. The minimum Gasteiger partial charge on any atom is -0.481 e. The molecule has 0 rings (SSSR count). The van der Waals surface area contributed by atoms with Crippen LogP contribution in [0.5, 0.6) is 0 Å². The van der Waals surface area contributed by atoms with E-state index in [-0.39, 0.29) is 12.8 Å². The number of carboxylic acid groups (broad SMARTS) is 3. The monoisotopic (exact) mass is 204 g/mol. The summed E-state index contributed by atoms with van der Waals surface area (Å²) in [5.74, 6) is -6.16. The average molecular weight is 204 g/mol. The lowest BCUT2D eigenvalue weighted by molar-refractivity contribution is -0.157. The molecule has 0 aliphatic heterocycles. The maximum atomic E-state index is 10.5. The maximum absolute atomic E-state index is 10.5. The summed E-state index contributed by atoms with van der Waals surface area (Å²) in [6, 6.07) is 0. The van der Waals surface area contributed by atoms with Crippen LogP contribution in [0.1, 0.15) is 19.8 Å². The lowest BCUT2D eigenvalue weighted by Gasteiger charge is -2.14. The van der Waals surface area contributed by atoms with Crippen molar-refractivity contribution in [3.05, 3.63) is 0 Å². The highest BCUT2D eigenvalue weighted by Crippen LogP contribution is 2.17. The van der Waals surface area contributed by atoms with Crippen molar-refractivity contribution in [2.24, 2.45) is 11.8 Å². The topological polar surface area (TPSA) is 112 Å². The van der Waals surface area contributed by atoms with Crippen molar-refractivity contribution in [1.82, 2.24) is 0 Å². The van der Waals surface area contributed by atoms with E-state index < -0.39 is 29.7 Å². The van der Waals surface area contributed by atoms with Gasteiger partial charge in [-0.05, 0) is 12.3 Å². The van der Waals surface area contributed by atoms with Crippen LogP contribution in [0.3, 0.4) is 0 Å². The third-order valence-corrected chi connectivity index (χ3v) is 1.91. The predicted octanol–water partition coefficient (Wildman–Crippen LogP) is 0.273. The van der Waals surface area contributed by atoms with Gasteiger partial charge in [0.15, 0.2) is 5.92 Å². The molecule has 6 heteroatoms. The molecule has 0 aromatic carbocycles. The minimum absolute atomic E-state index is 0.0403. The number of aliphatic carboxylic acids is 3. The Morgan fingerprint density at radius 1 is 1.07 bits per heavy atom. The summed E-state index contributed by atoms with van der Waals surface area (Å²) < 4.78 is 0. The predicted molar refractivity (Wildman–Crippen MR) is 44.8 cm³/mol. The minimum atomic E-state index is -1.53. The van der Waals surface area contributed by atoms with Crippen molar-refractivity contribution >= 4 is 17.9 Å². The number of hydrogen-bond acceptors (Lipinski definition) is 3. The second kappa shape index (κ2) is 5.21. The standard InChI is InChI=1S/C8H12O6/c1-4(2-3-5(9)10)6(7(11)12)8(13)14/h4,6H,2-3H2,1H3,(H,9,10)(H,11,12)(H,13,14). The summed E-state index contributed by atoms with van der Waals surface area (Å²) in [5.41, 5.74) is 0. The van der Waals surface area contributed by atoms with Gasteiger partial charge in [-0.15, -0.1) is 0 Å². The average Bonchev–Trinajstić information content (AvgIpc) is 1.99. The Labute approximate surface area is 80.2 Å². The first-order chi connectivity index (χ1) is 6.36. The lowest BCUT2D eigenvalue weighted by atomic mass is 9.90. The van der Waals surface area contributed by atoms with Crippen LogP contribution in [0.4, 0.5) is 0 Å². The molecule has 0 aromatic rings. The molecule has 0 heterocycles. The van der Waals surface area contributed by atoms with Crippen molar-refractivity contribution < 1.29 is 29.7 Å². The molecule has 3 N–H and O–H groups in total. The van der Waals surface area contributed by atoms with Crippen LogP contribution < -0.4 is 0 Å². The van der Waals surface area contributed by atoms with E-state index in [1.54, 1.807) is 0 Å². The summed E-state index contributed by atoms with van der Waals surface area (Å²) in [7, 11) is 0. The van der Waals surface area contributed by atoms with Crippen molar-refractivity contribution in [3.8, 4) is 0 Å². The number of rotatable bonds is 6. The van der Waals surface area contributed by atoms with Crippen molar-refractivity contribution in [1.29, 1.82) is 0 Å². The lowest BCUT2D eigenvalue weighted by Crippen LogP contribution is -2.30. The highest BCUT2D eigenvalue weighted by molar-refractivity contribution is 5.93. The Morgan fingerprint density at radius 3 is 1.79 bits per heavy atom. The molecular weight excluding hydrogens is 192 g/mol. The molecule has 0 spiro atoms. The fourth-order valence-electron chi connectivity index (χ4n) is 1.11. The van der Waals surface area contributed by atoms with Crippen LogP contribution in [0.25, 0.3) is 0 Å². The van der Waals surface area contributed by atoms with Gasteiger partial charge in [-0.3, -0.25) is 14.4 Å². The molecule has 0 aliphatic rings. The summed E-state index contributed by atoms with van der Waals surface area (Å²) >= 11 is 0. The van der Waals surface area contributed by atoms with Gasteiger partial charge >= 0.3 is 17.9 Å². The van der Waals surface area contributed by atoms with Crippen LogP contribution in [0.2, 0.25) is 0 Å². The highest BCUT2D eigenvalue weighted by Gasteiger charge is 2.31. The van der Waals surface area contributed by atoms with Gasteiger partial charge in [0.1, 0.15) is 0 Å². The van der Waals surface area contributed by atoms with Crippen LogP contribution >= 0.6 is 0 Å². The molecule has 0 radical (unpaired) electrons. The molecule has 0 saturated heterocycles. The fraction of sp³-hybridized carbons (Fsp3) is 0.625. The van der Waals surface area contributed by atoms with E-state index in [1.165, 1.54) is 6.92 Å². The molecule has 0 amide bonds. The molecule has 0 fully saturated rings. The highest BCUT2D eigenvalue weighted by atomic mass is 16.4. The summed E-state index contributed by atoms with van der Waals surface area (Å²) in [4.78, 5) is 31.2. The normalized spacial score (nSPS) is 12.4. The van der Waals surface area contributed by atoms with E-state index >= 15 is 0 Å². The van der Waals surface area contributed by atoms with Crippen LogP contribution in [0.15, 0.2) is 0 Å². The van der Waals surface area contributed by atoms with Crippen molar-refractivity contribution in [3.63, 3.8) is 0 Å². The molecule has 0 bridgehead atoms. The fourth-order valence-corrected chi connectivity index (χ4v) is 1.11. The van der Waals surface area contributed by atoms with Crippen molar-refractivity contribution in [2.45, 2.75) is 19.8 Å². The number of hydrogen-bond donors (Lipinski definition) is 3. The Kier molecular flexibility index (Phi) is 4.62. The third kappa shape index (κ3) is 3.88. The zero-order chi connectivity index (χ0) is 11.3. The van der Waals surface area contributed by atoms with Gasteiger partial charge in [-0.2, -0.15) is 0 Å². The van der Waals surface area contributed by atoms with Crippen LogP contribution in [-0.2, 0) is 14.4 Å². The zero-order valence-corrected chi connectivity index (χ0v) is 7.64. The van der Waals surface area contributed by atoms with Gasteiger partial charge in [0, 0.05) is 6.42 Å². The second-order valence-electron chi connectivity index (χ2n) is 3.06. The largest absolute Gasteiger partial charge is 0.481 e. The van der Waals surface area contributed by atoms with E-state index in [0.29, 0.717) is 0 Å². The maximum Gasteiger partial charge on any atom is 0.318 e. The molecule has 14 heavy (non-hydrogen) atoms. The van der Waals surface area contributed by atoms with E-state index in [1.807, 2.05) is 0 Å². The first-order valence-electron chi connectivity index (χ1n) is 4.03. The summed E-state index contributed by atoms with van der Waals surface area (Å²) in [6.07, 6.45) is -0.184. The SMILES string of the molecule is CC(CCC(=O)O)C(C(=O)O)C(=O)O. The Bertz CT molecular complexity index is 232. The third-order valence-electron chi connectivity index (χ3n) is 1.91. The quantitative estimate of drug-likeness (QED) is 0.535. The number of carboxylic acids is 3. The van der Waals surface area contributed by atoms with Crippen LogP contribution in [-0.4, -0.2) is 33.2 Å². The first kappa shape index (κ1) is 12.4. The Balaban J connectivity index is 4.30. The molecule has 1 unspecified atom stereocenters. The van der Waals surface area contributed by atoms with Gasteiger partial charge in [-0.1, -0.05) is 6.92 Å². The molecule has 1 atom stereocenters. The van der Waals surface area contributed by atoms with E-state index in [4.69, 9.17) is 15.3 Å². The zero-order valence-electron chi connectivity index (χ0n) is 7.64. The molecule has 6 nitrogen and oxygen atoms in total. The Hall–Kier alpha value is -1.59. The Morgan fingerprint density at radius 2 is 1.50 bits per heavy atom. The van der Waals surface area contributed by atoms with Gasteiger partial charge < -0.3 is 15.3 Å². The molecule has 0 aromatic heterocycles. The van der Waals surface area contributed by atoms with Gasteiger partial charge in [0.25, 0.3) is 0 Å². The smallest absolute Gasteiger partial charge is 0.318 e. The molecule has 0 aliphatic carbocycles. The van der Waals surface area contributed by atoms with Gasteiger partial charge in [0.2, 0.25) is 0 Å². The molecule has 80 valence electrons. The van der Waals surface area contributed by atoms with Gasteiger partial charge in [0.05, 0.1) is 0 Å². The second-order valence-corrected chi connectivity index (χ2v) is 3.06. The van der Waals surface area contributed by atoms with E-state index in [2.05, 4.69) is 0 Å². The van der Waals surface area contributed by atoms with E-state index in [0.717, 1.165) is 0 Å². The van der Waals surface area contributed by atoms with E-state index in [9.17, 15) is 14.4 Å². The number of carbonyl (C=O) groups is 3.